The molecule has 0 radical (unpaired) electrons. The number of rotatable bonds is 7. The lowest BCUT2D eigenvalue weighted by molar-refractivity contribution is 0.0996. The standard InChI is InChI=1S/C13H19BrN2O2/c1-9(2)16-6-3-7-18-12-5-4-10(14)8-11(12)13(15)17/h4-5,8-9,16H,3,6-7H2,1-2H3,(H2,15,17). The molecule has 5 heteroatoms. The van der Waals surface area contributed by atoms with Gasteiger partial charge in [-0.1, -0.05) is 29.8 Å². The van der Waals surface area contributed by atoms with E-state index < -0.39 is 5.91 Å². The van der Waals surface area contributed by atoms with Gasteiger partial charge in [-0.3, -0.25) is 4.79 Å². The Morgan fingerprint density at radius 2 is 2.22 bits per heavy atom. The summed E-state index contributed by atoms with van der Waals surface area (Å²) < 4.78 is 6.38. The number of nitrogens with two attached hydrogens (primary N) is 1. The smallest absolute Gasteiger partial charge is 0.252 e. The van der Waals surface area contributed by atoms with E-state index in [0.717, 1.165) is 17.4 Å². The Labute approximate surface area is 116 Å². The van der Waals surface area contributed by atoms with Crippen LogP contribution in [0.2, 0.25) is 0 Å². The molecule has 0 bridgehead atoms. The van der Waals surface area contributed by atoms with Gasteiger partial charge in [0.1, 0.15) is 5.75 Å². The molecule has 1 aromatic carbocycles. The molecule has 100 valence electrons. The van der Waals surface area contributed by atoms with Crippen LogP contribution in [0.15, 0.2) is 22.7 Å². The van der Waals surface area contributed by atoms with Crippen LogP contribution in [-0.2, 0) is 0 Å². The van der Waals surface area contributed by atoms with Gasteiger partial charge in [-0.2, -0.15) is 0 Å². The van der Waals surface area contributed by atoms with Crippen LogP contribution in [0.25, 0.3) is 0 Å². The molecule has 0 spiro atoms. The number of amides is 1. The zero-order valence-electron chi connectivity index (χ0n) is 10.7. The molecule has 3 N–H and O–H groups in total. The van der Waals surface area contributed by atoms with Crippen LogP contribution in [0.1, 0.15) is 30.6 Å². The number of ether oxygens (including phenoxy) is 1. The Morgan fingerprint density at radius 1 is 1.50 bits per heavy atom. The summed E-state index contributed by atoms with van der Waals surface area (Å²) >= 11 is 3.30. The number of nitrogens with one attached hydrogen (secondary N) is 1. The number of hydrogen-bond donors (Lipinski definition) is 2. The Bertz CT molecular complexity index is 408. The van der Waals surface area contributed by atoms with Crippen molar-refractivity contribution in [3.8, 4) is 5.75 Å². The van der Waals surface area contributed by atoms with Crippen molar-refractivity contribution in [3.63, 3.8) is 0 Å². The van der Waals surface area contributed by atoms with Crippen molar-refractivity contribution in [1.82, 2.24) is 5.32 Å². The van der Waals surface area contributed by atoms with Crippen LogP contribution in [0.3, 0.4) is 0 Å². The summed E-state index contributed by atoms with van der Waals surface area (Å²) in [4.78, 5) is 11.3. The van der Waals surface area contributed by atoms with Crippen molar-refractivity contribution in [3.05, 3.63) is 28.2 Å². The van der Waals surface area contributed by atoms with Gasteiger partial charge in [-0.05, 0) is 31.2 Å². The predicted octanol–water partition coefficient (Wildman–Crippen LogP) is 2.31. The van der Waals surface area contributed by atoms with E-state index in [1.807, 2.05) is 6.07 Å². The Hall–Kier alpha value is -1.07. The van der Waals surface area contributed by atoms with E-state index in [4.69, 9.17) is 10.5 Å². The topological polar surface area (TPSA) is 64.3 Å². The summed E-state index contributed by atoms with van der Waals surface area (Å²) in [5.41, 5.74) is 5.71. The van der Waals surface area contributed by atoms with Gasteiger partial charge in [0.2, 0.25) is 0 Å². The number of carbonyl (C=O) groups excluding carboxylic acids is 1. The molecule has 0 aliphatic carbocycles. The first-order valence-corrected chi connectivity index (χ1v) is 6.75. The van der Waals surface area contributed by atoms with Crippen molar-refractivity contribution in [1.29, 1.82) is 0 Å². The fraction of sp³-hybridized carbons (Fsp3) is 0.462. The maximum atomic E-state index is 11.3. The summed E-state index contributed by atoms with van der Waals surface area (Å²) in [6.07, 6.45) is 0.881. The molecular formula is C13H19BrN2O2. The number of benzene rings is 1. The molecule has 0 atom stereocenters. The highest BCUT2D eigenvalue weighted by molar-refractivity contribution is 9.10. The number of carbonyl (C=O) groups is 1. The third-order valence-electron chi connectivity index (χ3n) is 2.34. The maximum Gasteiger partial charge on any atom is 0.252 e. The average molecular weight is 315 g/mol. The highest BCUT2D eigenvalue weighted by Gasteiger charge is 2.09. The second-order valence-electron chi connectivity index (χ2n) is 4.32. The molecule has 0 fully saturated rings. The summed E-state index contributed by atoms with van der Waals surface area (Å²) in [7, 11) is 0. The molecule has 4 nitrogen and oxygen atoms in total. The van der Waals surface area contributed by atoms with Gasteiger partial charge in [0.05, 0.1) is 12.2 Å². The van der Waals surface area contributed by atoms with Crippen molar-refractivity contribution in [2.75, 3.05) is 13.2 Å². The van der Waals surface area contributed by atoms with Gasteiger partial charge in [0.25, 0.3) is 5.91 Å². The molecule has 0 heterocycles. The molecule has 0 saturated carbocycles. The summed E-state index contributed by atoms with van der Waals surface area (Å²) in [5.74, 6) is 0.0573. The lowest BCUT2D eigenvalue weighted by atomic mass is 10.2. The van der Waals surface area contributed by atoms with E-state index in [-0.39, 0.29) is 0 Å². The third-order valence-corrected chi connectivity index (χ3v) is 2.83. The van der Waals surface area contributed by atoms with Crippen LogP contribution in [0.4, 0.5) is 0 Å². The highest BCUT2D eigenvalue weighted by atomic mass is 79.9. The van der Waals surface area contributed by atoms with Crippen LogP contribution in [0.5, 0.6) is 5.75 Å². The van der Waals surface area contributed by atoms with E-state index in [2.05, 4.69) is 35.1 Å². The molecule has 0 unspecified atom stereocenters. The van der Waals surface area contributed by atoms with Gasteiger partial charge >= 0.3 is 0 Å². The first kappa shape index (κ1) is 15.0. The first-order valence-electron chi connectivity index (χ1n) is 5.96. The second-order valence-corrected chi connectivity index (χ2v) is 5.23. The van der Waals surface area contributed by atoms with Gasteiger partial charge in [-0.25, -0.2) is 0 Å². The minimum absolute atomic E-state index is 0.404. The minimum Gasteiger partial charge on any atom is -0.493 e. The molecule has 1 rings (SSSR count). The molecule has 0 aromatic heterocycles. The van der Waals surface area contributed by atoms with Gasteiger partial charge in [0.15, 0.2) is 0 Å². The van der Waals surface area contributed by atoms with Crippen LogP contribution >= 0.6 is 15.9 Å². The Balaban J connectivity index is 2.49. The summed E-state index contributed by atoms with van der Waals surface area (Å²) in [6.45, 7) is 5.64. The van der Waals surface area contributed by atoms with Crippen molar-refractivity contribution >= 4 is 21.8 Å². The van der Waals surface area contributed by atoms with Crippen molar-refractivity contribution in [2.24, 2.45) is 5.73 Å². The van der Waals surface area contributed by atoms with Gasteiger partial charge < -0.3 is 15.8 Å². The number of primary amides is 1. The van der Waals surface area contributed by atoms with E-state index in [1.165, 1.54) is 0 Å². The molecule has 1 amide bonds. The molecule has 0 aliphatic heterocycles. The lowest BCUT2D eigenvalue weighted by Gasteiger charge is -2.11. The van der Waals surface area contributed by atoms with E-state index >= 15 is 0 Å². The molecular weight excluding hydrogens is 296 g/mol. The molecule has 18 heavy (non-hydrogen) atoms. The van der Waals surface area contributed by atoms with E-state index in [1.54, 1.807) is 12.1 Å². The van der Waals surface area contributed by atoms with Crippen molar-refractivity contribution in [2.45, 2.75) is 26.3 Å². The zero-order chi connectivity index (χ0) is 13.5. The van der Waals surface area contributed by atoms with Crippen LogP contribution in [-0.4, -0.2) is 25.1 Å². The van der Waals surface area contributed by atoms with Gasteiger partial charge in [0, 0.05) is 10.5 Å². The third kappa shape index (κ3) is 5.06. The monoisotopic (exact) mass is 314 g/mol. The number of hydrogen-bond acceptors (Lipinski definition) is 3. The first-order chi connectivity index (χ1) is 8.50. The van der Waals surface area contributed by atoms with E-state index in [0.29, 0.717) is 24.0 Å². The van der Waals surface area contributed by atoms with Gasteiger partial charge in [-0.15, -0.1) is 0 Å². The fourth-order valence-corrected chi connectivity index (χ4v) is 1.83. The average Bonchev–Trinajstić information content (AvgIpc) is 2.29. The molecule has 0 aliphatic rings. The summed E-state index contributed by atoms with van der Waals surface area (Å²) in [6, 6.07) is 5.72. The Morgan fingerprint density at radius 3 is 2.83 bits per heavy atom. The second kappa shape index (κ2) is 7.38. The minimum atomic E-state index is -0.480. The number of halogens is 1. The maximum absolute atomic E-state index is 11.3. The molecule has 1 aromatic rings. The van der Waals surface area contributed by atoms with Crippen LogP contribution < -0.4 is 15.8 Å². The van der Waals surface area contributed by atoms with E-state index in [9.17, 15) is 4.79 Å². The normalized spacial score (nSPS) is 10.7. The molecule has 0 saturated heterocycles. The summed E-state index contributed by atoms with van der Waals surface area (Å²) in [5, 5.41) is 3.30. The zero-order valence-corrected chi connectivity index (χ0v) is 12.3. The fourth-order valence-electron chi connectivity index (χ4n) is 1.47. The Kier molecular flexibility index (Phi) is 6.15. The highest BCUT2D eigenvalue weighted by Crippen LogP contribution is 2.22. The lowest BCUT2D eigenvalue weighted by Crippen LogP contribution is -2.25. The van der Waals surface area contributed by atoms with Crippen LogP contribution in [0, 0.1) is 0 Å². The van der Waals surface area contributed by atoms with Crippen molar-refractivity contribution < 1.29 is 9.53 Å². The predicted molar refractivity (Wildman–Crippen MR) is 75.9 cm³/mol. The largest absolute Gasteiger partial charge is 0.493 e. The quantitative estimate of drug-likeness (QED) is 0.759. The SMILES string of the molecule is CC(C)NCCCOc1ccc(Br)cc1C(N)=O.